The molecule has 1 nitrogen and oxygen atoms in total. The maximum absolute atomic E-state index is 4.07. The molecular weight excluding hydrogens is 170 g/mol. The molecule has 0 aliphatic carbocycles. The van der Waals surface area contributed by atoms with Gasteiger partial charge in [0.15, 0.2) is 0 Å². The average Bonchev–Trinajstić information content (AvgIpc) is 2.11. The molecule has 14 heavy (non-hydrogen) atoms. The Morgan fingerprint density at radius 3 is 1.93 bits per heavy atom. The van der Waals surface area contributed by atoms with E-state index in [4.69, 9.17) is 0 Å². The largest absolute Gasteiger partial charge is 0.378 e. The van der Waals surface area contributed by atoms with Crippen molar-refractivity contribution in [3.8, 4) is 0 Å². The van der Waals surface area contributed by atoms with Crippen LogP contribution in [0.25, 0.3) is 0 Å². The van der Waals surface area contributed by atoms with Crippen LogP contribution < -0.4 is 0 Å². The number of nitrogens with zero attached hydrogens (tertiary/aromatic N) is 1. The average molecular weight is 195 g/mol. The summed E-state index contributed by atoms with van der Waals surface area (Å²) in [5.74, 6) is 1.13. The van der Waals surface area contributed by atoms with Gasteiger partial charge in [0.2, 0.25) is 0 Å². The zero-order valence-corrected chi connectivity index (χ0v) is 10.4. The van der Waals surface area contributed by atoms with Crippen molar-refractivity contribution in [2.75, 3.05) is 13.6 Å². The minimum Gasteiger partial charge on any atom is -0.378 e. The fourth-order valence-corrected chi connectivity index (χ4v) is 1.18. The van der Waals surface area contributed by atoms with Gasteiger partial charge >= 0.3 is 0 Å². The van der Waals surface area contributed by atoms with Crippen LogP contribution in [-0.4, -0.2) is 18.5 Å². The van der Waals surface area contributed by atoms with E-state index in [9.17, 15) is 0 Å². The van der Waals surface area contributed by atoms with E-state index >= 15 is 0 Å². The highest BCUT2D eigenvalue weighted by molar-refractivity contribution is 5.01. The van der Waals surface area contributed by atoms with Crippen LogP contribution in [0.3, 0.4) is 0 Å². The number of rotatable bonds is 6. The molecule has 0 aromatic carbocycles. The molecule has 0 amide bonds. The second-order valence-electron chi connectivity index (χ2n) is 4.63. The molecule has 0 aliphatic heterocycles. The first-order chi connectivity index (χ1) is 6.36. The second kappa shape index (κ2) is 5.90. The lowest BCUT2D eigenvalue weighted by Gasteiger charge is -2.25. The van der Waals surface area contributed by atoms with E-state index in [1.54, 1.807) is 0 Å². The van der Waals surface area contributed by atoms with Crippen molar-refractivity contribution in [1.82, 2.24) is 4.90 Å². The Kier molecular flexibility index (Phi) is 5.59. The monoisotopic (exact) mass is 195 g/mol. The Morgan fingerprint density at radius 2 is 1.57 bits per heavy atom. The third kappa shape index (κ3) is 4.50. The van der Waals surface area contributed by atoms with Gasteiger partial charge in [0, 0.05) is 19.3 Å². The molecular formula is C13H25N. The minimum absolute atomic E-state index is 0.535. The SMILES string of the molecule is C=C(CCN(C)C(=C)C(C)C)C(C)C. The number of allylic oxidation sites excluding steroid dienone is 1. The van der Waals surface area contributed by atoms with Crippen molar-refractivity contribution in [1.29, 1.82) is 0 Å². The van der Waals surface area contributed by atoms with Crippen LogP contribution in [-0.2, 0) is 0 Å². The van der Waals surface area contributed by atoms with Gasteiger partial charge in [-0.25, -0.2) is 0 Å². The van der Waals surface area contributed by atoms with Gasteiger partial charge in [-0.1, -0.05) is 46.4 Å². The fourth-order valence-electron chi connectivity index (χ4n) is 1.18. The standard InChI is InChI=1S/C13H25N/c1-10(2)12(5)8-9-14(7)13(6)11(3)4/h10-11H,5-6,8-9H2,1-4,7H3. The second-order valence-corrected chi connectivity index (χ2v) is 4.63. The number of hydrogen-bond acceptors (Lipinski definition) is 1. The van der Waals surface area contributed by atoms with Crippen molar-refractivity contribution < 1.29 is 0 Å². The molecule has 1 heteroatoms. The summed E-state index contributed by atoms with van der Waals surface area (Å²) in [5.41, 5.74) is 2.54. The highest BCUT2D eigenvalue weighted by atomic mass is 15.1. The normalized spacial score (nSPS) is 10.8. The molecule has 0 bridgehead atoms. The Morgan fingerprint density at radius 1 is 1.07 bits per heavy atom. The van der Waals surface area contributed by atoms with Gasteiger partial charge in [0.1, 0.15) is 0 Å². The Labute approximate surface area is 89.5 Å². The highest BCUT2D eigenvalue weighted by Crippen LogP contribution is 2.15. The van der Waals surface area contributed by atoms with Crippen LogP contribution >= 0.6 is 0 Å². The molecule has 0 rings (SSSR count). The first-order valence-electron chi connectivity index (χ1n) is 5.43. The lowest BCUT2D eigenvalue weighted by atomic mass is 10.0. The Balaban J connectivity index is 3.91. The predicted octanol–water partition coefficient (Wildman–Crippen LogP) is 3.69. The predicted molar refractivity (Wildman–Crippen MR) is 65.2 cm³/mol. The van der Waals surface area contributed by atoms with E-state index in [1.807, 2.05) is 0 Å². The lowest BCUT2D eigenvalue weighted by Crippen LogP contribution is -2.22. The Hall–Kier alpha value is -0.720. The van der Waals surface area contributed by atoms with Gasteiger partial charge < -0.3 is 4.90 Å². The van der Waals surface area contributed by atoms with Crippen LogP contribution in [0.5, 0.6) is 0 Å². The zero-order valence-electron chi connectivity index (χ0n) is 10.4. The van der Waals surface area contributed by atoms with Crippen molar-refractivity contribution >= 4 is 0 Å². The molecule has 0 fully saturated rings. The smallest absolute Gasteiger partial charge is 0.0208 e. The first kappa shape index (κ1) is 13.3. The van der Waals surface area contributed by atoms with E-state index in [0.29, 0.717) is 11.8 Å². The van der Waals surface area contributed by atoms with Crippen LogP contribution in [0.1, 0.15) is 34.1 Å². The van der Waals surface area contributed by atoms with Gasteiger partial charge in [0.05, 0.1) is 0 Å². The summed E-state index contributed by atoms with van der Waals surface area (Å²) < 4.78 is 0. The van der Waals surface area contributed by atoms with Gasteiger partial charge in [-0.05, 0) is 18.3 Å². The molecule has 0 heterocycles. The molecule has 0 aliphatic rings. The van der Waals surface area contributed by atoms with Gasteiger partial charge in [-0.15, -0.1) is 0 Å². The van der Waals surface area contributed by atoms with Crippen LogP contribution in [0.15, 0.2) is 24.4 Å². The van der Waals surface area contributed by atoms with E-state index in [1.165, 1.54) is 11.3 Å². The van der Waals surface area contributed by atoms with Crippen molar-refractivity contribution in [3.05, 3.63) is 24.4 Å². The van der Waals surface area contributed by atoms with Gasteiger partial charge in [0.25, 0.3) is 0 Å². The highest BCUT2D eigenvalue weighted by Gasteiger charge is 2.07. The first-order valence-corrected chi connectivity index (χ1v) is 5.43. The lowest BCUT2D eigenvalue weighted by molar-refractivity contribution is 0.376. The summed E-state index contributed by atoms with van der Waals surface area (Å²) in [4.78, 5) is 2.23. The maximum Gasteiger partial charge on any atom is 0.0208 e. The molecule has 82 valence electrons. The molecule has 0 unspecified atom stereocenters. The molecule has 0 atom stereocenters. The van der Waals surface area contributed by atoms with Gasteiger partial charge in [-0.2, -0.15) is 0 Å². The van der Waals surface area contributed by atoms with E-state index in [0.717, 1.165) is 13.0 Å². The summed E-state index contributed by atoms with van der Waals surface area (Å²) in [7, 11) is 2.11. The van der Waals surface area contributed by atoms with Crippen molar-refractivity contribution in [2.24, 2.45) is 11.8 Å². The van der Waals surface area contributed by atoms with Gasteiger partial charge in [-0.3, -0.25) is 0 Å². The fraction of sp³-hybridized carbons (Fsp3) is 0.692. The van der Waals surface area contributed by atoms with Crippen LogP contribution in [0.4, 0.5) is 0 Å². The maximum atomic E-state index is 4.07. The summed E-state index contributed by atoms with van der Waals surface area (Å²) in [6, 6.07) is 0. The quantitative estimate of drug-likeness (QED) is 0.584. The summed E-state index contributed by atoms with van der Waals surface area (Å²) in [5, 5.41) is 0. The third-order valence-corrected chi connectivity index (χ3v) is 2.74. The van der Waals surface area contributed by atoms with E-state index in [2.05, 4.69) is 52.8 Å². The molecule has 0 radical (unpaired) electrons. The number of hydrogen-bond donors (Lipinski definition) is 0. The molecule has 0 N–H and O–H groups in total. The van der Waals surface area contributed by atoms with Crippen LogP contribution in [0, 0.1) is 11.8 Å². The minimum atomic E-state index is 0.535. The molecule has 0 saturated carbocycles. The zero-order chi connectivity index (χ0) is 11.3. The van der Waals surface area contributed by atoms with Crippen LogP contribution in [0.2, 0.25) is 0 Å². The summed E-state index contributed by atoms with van der Waals surface area (Å²) >= 11 is 0. The van der Waals surface area contributed by atoms with Crippen molar-refractivity contribution in [3.63, 3.8) is 0 Å². The topological polar surface area (TPSA) is 3.24 Å². The molecule has 0 spiro atoms. The van der Waals surface area contributed by atoms with E-state index in [-0.39, 0.29) is 0 Å². The van der Waals surface area contributed by atoms with E-state index < -0.39 is 0 Å². The third-order valence-electron chi connectivity index (χ3n) is 2.74. The summed E-state index contributed by atoms with van der Waals surface area (Å²) in [6.45, 7) is 17.9. The van der Waals surface area contributed by atoms with Crippen molar-refractivity contribution in [2.45, 2.75) is 34.1 Å². The summed E-state index contributed by atoms with van der Waals surface area (Å²) in [6.07, 6.45) is 1.07. The molecule has 0 saturated heterocycles. The molecule has 0 aromatic heterocycles. The molecule has 0 aromatic rings. The Bertz CT molecular complexity index is 201.